The Morgan fingerprint density at radius 1 is 1.07 bits per heavy atom. The summed E-state index contributed by atoms with van der Waals surface area (Å²) in [6.07, 6.45) is 3.90. The van der Waals surface area contributed by atoms with E-state index < -0.39 is 0 Å². The van der Waals surface area contributed by atoms with E-state index in [2.05, 4.69) is 41.7 Å². The van der Waals surface area contributed by atoms with Crippen LogP contribution in [0.2, 0.25) is 0 Å². The third-order valence-corrected chi connectivity index (χ3v) is 4.67. The number of amides is 1. The first kappa shape index (κ1) is 21.5. The molecule has 6 heteroatoms. The van der Waals surface area contributed by atoms with Crippen LogP contribution in [0.25, 0.3) is 0 Å². The third-order valence-electron chi connectivity index (χ3n) is 4.67. The first-order valence-electron chi connectivity index (χ1n) is 10.1. The van der Waals surface area contributed by atoms with Gasteiger partial charge in [0, 0.05) is 18.7 Å². The summed E-state index contributed by atoms with van der Waals surface area (Å²) in [5.41, 5.74) is 1.61. The average Bonchev–Trinajstić information content (AvgIpc) is 3.24. The molecule has 0 aliphatic heterocycles. The number of carbonyl (C=O) groups excluding carboxylic acids is 1. The molecule has 1 aromatic carbocycles. The molecule has 0 atom stereocenters. The number of nitrogens with one attached hydrogen (secondary N) is 3. The summed E-state index contributed by atoms with van der Waals surface area (Å²) in [5, 5.41) is 9.56. The minimum Gasteiger partial charge on any atom is -0.467 e. The van der Waals surface area contributed by atoms with Crippen molar-refractivity contribution in [1.29, 1.82) is 0 Å². The van der Waals surface area contributed by atoms with Crippen LogP contribution in [-0.2, 0) is 13.1 Å². The van der Waals surface area contributed by atoms with Gasteiger partial charge in [0.1, 0.15) is 5.76 Å². The van der Waals surface area contributed by atoms with Crippen LogP contribution in [0, 0.1) is 5.92 Å². The molecular formula is C22H32N4O2. The molecule has 0 bridgehead atoms. The summed E-state index contributed by atoms with van der Waals surface area (Å²) in [4.78, 5) is 17.0. The van der Waals surface area contributed by atoms with Gasteiger partial charge in [0.25, 0.3) is 5.91 Å². The molecule has 0 saturated carbocycles. The lowest BCUT2D eigenvalue weighted by Crippen LogP contribution is -2.39. The Hall–Kier alpha value is -2.76. The van der Waals surface area contributed by atoms with Crippen molar-refractivity contribution in [1.82, 2.24) is 16.0 Å². The van der Waals surface area contributed by atoms with Crippen molar-refractivity contribution in [3.8, 4) is 0 Å². The lowest BCUT2D eigenvalue weighted by molar-refractivity contribution is 0.0948. The lowest BCUT2D eigenvalue weighted by atomic mass is 10.0. The van der Waals surface area contributed by atoms with Crippen LogP contribution in [-0.4, -0.2) is 25.0 Å². The first-order chi connectivity index (χ1) is 13.7. The summed E-state index contributed by atoms with van der Waals surface area (Å²) in [7, 11) is 0. The average molecular weight is 385 g/mol. The fourth-order valence-electron chi connectivity index (χ4n) is 2.82. The van der Waals surface area contributed by atoms with Gasteiger partial charge in [0.05, 0.1) is 19.4 Å². The van der Waals surface area contributed by atoms with Gasteiger partial charge in [0.2, 0.25) is 0 Å². The van der Waals surface area contributed by atoms with Gasteiger partial charge in [-0.05, 0) is 42.7 Å². The van der Waals surface area contributed by atoms with Gasteiger partial charge in [-0.3, -0.25) is 4.79 Å². The molecule has 1 heterocycles. The Morgan fingerprint density at radius 3 is 2.57 bits per heavy atom. The molecule has 0 spiro atoms. The Kier molecular flexibility index (Phi) is 9.11. The van der Waals surface area contributed by atoms with Gasteiger partial charge < -0.3 is 20.4 Å². The van der Waals surface area contributed by atoms with Gasteiger partial charge >= 0.3 is 0 Å². The molecular weight excluding hydrogens is 352 g/mol. The molecule has 2 rings (SSSR count). The highest BCUT2D eigenvalue weighted by molar-refractivity contribution is 5.94. The zero-order chi connectivity index (χ0) is 20.2. The molecule has 0 saturated heterocycles. The third kappa shape index (κ3) is 7.10. The van der Waals surface area contributed by atoms with Crippen LogP contribution >= 0.6 is 0 Å². The smallest absolute Gasteiger partial charge is 0.251 e. The molecule has 0 radical (unpaired) electrons. The molecule has 6 nitrogen and oxygen atoms in total. The predicted octanol–water partition coefficient (Wildman–Crippen LogP) is 3.70. The Bertz CT molecular complexity index is 737. The Morgan fingerprint density at radius 2 is 1.89 bits per heavy atom. The molecule has 0 aliphatic carbocycles. The normalized spacial score (nSPS) is 11.5. The van der Waals surface area contributed by atoms with E-state index in [1.54, 1.807) is 18.4 Å². The van der Waals surface area contributed by atoms with Crippen molar-refractivity contribution in [2.75, 3.05) is 13.1 Å². The zero-order valence-corrected chi connectivity index (χ0v) is 17.1. The molecule has 0 aliphatic rings. The van der Waals surface area contributed by atoms with Crippen LogP contribution in [0.3, 0.4) is 0 Å². The fraction of sp³-hybridized carbons (Fsp3) is 0.455. The predicted molar refractivity (Wildman–Crippen MR) is 113 cm³/mol. The lowest BCUT2D eigenvalue weighted by Gasteiger charge is -2.16. The molecule has 1 amide bonds. The highest BCUT2D eigenvalue weighted by atomic mass is 16.3. The summed E-state index contributed by atoms with van der Waals surface area (Å²) in [6, 6.07) is 11.2. The molecule has 1 aromatic heterocycles. The molecule has 0 fully saturated rings. The number of nitrogens with zero attached hydrogens (tertiary/aromatic N) is 1. The van der Waals surface area contributed by atoms with Crippen molar-refractivity contribution in [2.45, 2.75) is 46.7 Å². The zero-order valence-electron chi connectivity index (χ0n) is 17.1. The van der Waals surface area contributed by atoms with Crippen molar-refractivity contribution in [3.05, 3.63) is 59.5 Å². The SMILES string of the molecule is CCNC(=NCc1cccc(C(=O)NCc2ccco2)c1)NCC(CC)CC. The van der Waals surface area contributed by atoms with Crippen LogP contribution < -0.4 is 16.0 Å². The first-order valence-corrected chi connectivity index (χ1v) is 10.1. The fourth-order valence-corrected chi connectivity index (χ4v) is 2.82. The maximum absolute atomic E-state index is 12.4. The number of hydrogen-bond donors (Lipinski definition) is 3. The minimum absolute atomic E-state index is 0.124. The summed E-state index contributed by atoms with van der Waals surface area (Å²) in [5.74, 6) is 2.06. The summed E-state index contributed by atoms with van der Waals surface area (Å²) in [6.45, 7) is 9.08. The molecule has 28 heavy (non-hydrogen) atoms. The number of aliphatic imine (C=N–C) groups is 1. The quantitative estimate of drug-likeness (QED) is 0.431. The van der Waals surface area contributed by atoms with Crippen molar-refractivity contribution in [3.63, 3.8) is 0 Å². The number of rotatable bonds is 10. The van der Waals surface area contributed by atoms with Crippen molar-refractivity contribution >= 4 is 11.9 Å². The number of hydrogen-bond acceptors (Lipinski definition) is 3. The second kappa shape index (κ2) is 11.8. The van der Waals surface area contributed by atoms with Gasteiger partial charge in [-0.2, -0.15) is 0 Å². The van der Waals surface area contributed by atoms with Crippen LogP contribution in [0.15, 0.2) is 52.1 Å². The molecule has 2 aromatic rings. The molecule has 152 valence electrons. The largest absolute Gasteiger partial charge is 0.467 e. The van der Waals surface area contributed by atoms with Crippen LogP contribution in [0.1, 0.15) is 55.3 Å². The Labute approximate surface area is 167 Å². The van der Waals surface area contributed by atoms with E-state index in [-0.39, 0.29) is 5.91 Å². The second-order valence-corrected chi connectivity index (χ2v) is 6.72. The van der Waals surface area contributed by atoms with E-state index in [1.807, 2.05) is 24.3 Å². The van der Waals surface area contributed by atoms with E-state index in [0.717, 1.165) is 43.2 Å². The van der Waals surface area contributed by atoms with E-state index >= 15 is 0 Å². The van der Waals surface area contributed by atoms with Gasteiger partial charge in [-0.1, -0.05) is 38.8 Å². The topological polar surface area (TPSA) is 78.7 Å². The van der Waals surface area contributed by atoms with E-state index in [4.69, 9.17) is 4.42 Å². The number of benzene rings is 1. The van der Waals surface area contributed by atoms with Gasteiger partial charge in [0.15, 0.2) is 5.96 Å². The van der Waals surface area contributed by atoms with Gasteiger partial charge in [-0.25, -0.2) is 4.99 Å². The number of carbonyl (C=O) groups is 1. The second-order valence-electron chi connectivity index (χ2n) is 6.72. The number of guanidine groups is 1. The standard InChI is InChI=1S/C22H32N4O2/c1-4-17(5-2)14-25-22(23-6-3)26-15-18-9-7-10-19(13-18)21(27)24-16-20-11-8-12-28-20/h7-13,17H,4-6,14-16H2,1-3H3,(H,24,27)(H2,23,25,26). The monoisotopic (exact) mass is 384 g/mol. The van der Waals surface area contributed by atoms with Crippen LogP contribution in [0.5, 0.6) is 0 Å². The maximum atomic E-state index is 12.4. The molecule has 0 unspecified atom stereocenters. The maximum Gasteiger partial charge on any atom is 0.251 e. The van der Waals surface area contributed by atoms with Crippen molar-refractivity contribution in [2.24, 2.45) is 10.9 Å². The van der Waals surface area contributed by atoms with Gasteiger partial charge in [-0.15, -0.1) is 0 Å². The van der Waals surface area contributed by atoms with Crippen molar-refractivity contribution < 1.29 is 9.21 Å². The summed E-state index contributed by atoms with van der Waals surface area (Å²) >= 11 is 0. The van der Waals surface area contributed by atoms with Crippen LogP contribution in [0.4, 0.5) is 0 Å². The molecule has 3 N–H and O–H groups in total. The summed E-state index contributed by atoms with van der Waals surface area (Å²) < 4.78 is 5.24. The van der Waals surface area contributed by atoms with E-state index in [1.165, 1.54) is 0 Å². The highest BCUT2D eigenvalue weighted by Gasteiger charge is 2.08. The minimum atomic E-state index is -0.124. The number of furan rings is 1. The Balaban J connectivity index is 1.95. The van der Waals surface area contributed by atoms with E-state index in [9.17, 15) is 4.79 Å². The van der Waals surface area contributed by atoms with E-state index in [0.29, 0.717) is 24.6 Å². The highest BCUT2D eigenvalue weighted by Crippen LogP contribution is 2.08.